The van der Waals surface area contributed by atoms with Gasteiger partial charge in [-0.15, -0.1) is 0 Å². The summed E-state index contributed by atoms with van der Waals surface area (Å²) in [5, 5.41) is 23.0. The van der Waals surface area contributed by atoms with Crippen molar-refractivity contribution in [2.24, 2.45) is 11.5 Å². The number of isothiocyanates is 2. The Hall–Kier alpha value is -1.02. The van der Waals surface area contributed by atoms with Gasteiger partial charge in [-0.3, -0.25) is 9.59 Å². The number of rotatable bonds is 9. The van der Waals surface area contributed by atoms with Crippen LogP contribution in [0.3, 0.4) is 0 Å². The zero-order valence-electron chi connectivity index (χ0n) is 11.2. The van der Waals surface area contributed by atoms with Crippen molar-refractivity contribution >= 4 is 46.6 Å². The van der Waals surface area contributed by atoms with Crippen LogP contribution in [-0.2, 0) is 26.7 Å². The van der Waals surface area contributed by atoms with Gasteiger partial charge in [0.1, 0.15) is 0 Å². The molecule has 8 nitrogen and oxygen atoms in total. The second-order valence-corrected chi connectivity index (χ2v) is 3.48. The minimum Gasteiger partial charge on any atom is -0.753 e. The minimum atomic E-state index is -0.306. The molecule has 0 aliphatic rings. The summed E-state index contributed by atoms with van der Waals surface area (Å²) in [6, 6.07) is 0. The van der Waals surface area contributed by atoms with Crippen LogP contribution in [0.25, 0.3) is 10.8 Å². The molecule has 0 atom stereocenters. The standard InChI is InChI=1S/C8H18N4O2.2CNS.Cu/c9-7(13)1-3-11-5-6-12-4-2-8(10)14;2*2-1-3;/h11-12H,1-6H2,(H2,9,13)(H2,10,14);;;/q;2*-1;+2. The number of thiocarbonyl (C=S) groups is 2. The van der Waals surface area contributed by atoms with Crippen LogP contribution in [0.4, 0.5) is 0 Å². The summed E-state index contributed by atoms with van der Waals surface area (Å²) in [6.07, 6.45) is 0.697. The van der Waals surface area contributed by atoms with E-state index in [9.17, 15) is 9.59 Å². The van der Waals surface area contributed by atoms with E-state index in [1.807, 2.05) is 0 Å². The van der Waals surface area contributed by atoms with E-state index in [0.717, 1.165) is 13.1 Å². The van der Waals surface area contributed by atoms with Crippen molar-refractivity contribution < 1.29 is 26.7 Å². The number of hydrogen-bond acceptors (Lipinski definition) is 6. The number of nitrogens with zero attached hydrogens (tertiary/aromatic N) is 2. The Morgan fingerprint density at radius 3 is 1.29 bits per heavy atom. The molecule has 2 amide bonds. The van der Waals surface area contributed by atoms with Crippen molar-refractivity contribution in [3.05, 3.63) is 10.8 Å². The van der Waals surface area contributed by atoms with Gasteiger partial charge in [-0.25, -0.2) is 0 Å². The molecule has 11 heteroatoms. The van der Waals surface area contributed by atoms with E-state index in [1.165, 1.54) is 10.3 Å². The fourth-order valence-corrected chi connectivity index (χ4v) is 0.850. The first-order chi connectivity index (χ1) is 9.45. The van der Waals surface area contributed by atoms with E-state index < -0.39 is 0 Å². The second kappa shape index (κ2) is 27.3. The molecule has 0 fully saturated rings. The number of carbonyl (C=O) groups excluding carboxylic acids is 2. The zero-order chi connectivity index (χ0) is 16.2. The van der Waals surface area contributed by atoms with Gasteiger partial charge in [0.2, 0.25) is 11.8 Å². The summed E-state index contributed by atoms with van der Waals surface area (Å²) < 4.78 is 0. The summed E-state index contributed by atoms with van der Waals surface area (Å²) >= 11 is 7.40. The zero-order valence-corrected chi connectivity index (χ0v) is 13.8. The predicted molar refractivity (Wildman–Crippen MR) is 85.3 cm³/mol. The molecule has 0 aliphatic heterocycles. The van der Waals surface area contributed by atoms with Crippen LogP contribution in [0.1, 0.15) is 12.8 Å². The molecule has 123 valence electrons. The largest absolute Gasteiger partial charge is 2.00 e. The van der Waals surface area contributed by atoms with E-state index >= 15 is 0 Å². The number of nitrogens with two attached hydrogens (primary N) is 2. The number of amides is 2. The monoisotopic (exact) mass is 381 g/mol. The Morgan fingerprint density at radius 2 is 1.10 bits per heavy atom. The minimum absolute atomic E-state index is 0. The fraction of sp³-hybridized carbons (Fsp3) is 0.600. The third-order valence-electron chi connectivity index (χ3n) is 1.57. The number of hydrogen-bond donors (Lipinski definition) is 4. The third-order valence-corrected chi connectivity index (χ3v) is 1.57. The van der Waals surface area contributed by atoms with Gasteiger partial charge in [0.25, 0.3) is 0 Å². The molecule has 0 aromatic rings. The van der Waals surface area contributed by atoms with Gasteiger partial charge >= 0.3 is 17.1 Å². The summed E-state index contributed by atoms with van der Waals surface area (Å²) in [4.78, 5) is 20.6. The molecule has 0 saturated carbocycles. The summed E-state index contributed by atoms with van der Waals surface area (Å²) in [5.41, 5.74) is 9.88. The van der Waals surface area contributed by atoms with Crippen molar-refractivity contribution in [2.75, 3.05) is 26.2 Å². The Bertz CT molecular complexity index is 300. The smallest absolute Gasteiger partial charge is 0.753 e. The van der Waals surface area contributed by atoms with Crippen LogP contribution in [0, 0.1) is 0 Å². The van der Waals surface area contributed by atoms with E-state index in [0.29, 0.717) is 25.9 Å². The third kappa shape index (κ3) is 54.9. The average molecular weight is 382 g/mol. The maximum atomic E-state index is 10.3. The summed E-state index contributed by atoms with van der Waals surface area (Å²) in [6.45, 7) is 2.66. The molecule has 6 N–H and O–H groups in total. The molecule has 1 radical (unpaired) electrons. The first-order valence-corrected chi connectivity index (χ1v) is 6.28. The molecular formula is C10H18CuN6O2S2. The molecule has 0 rings (SSSR count). The molecule has 0 heterocycles. The second-order valence-electron chi connectivity index (χ2n) is 3.12. The molecule has 0 bridgehead atoms. The van der Waals surface area contributed by atoms with Crippen molar-refractivity contribution in [2.45, 2.75) is 12.8 Å². The molecule has 0 spiro atoms. The Morgan fingerprint density at radius 1 is 0.857 bits per heavy atom. The summed E-state index contributed by atoms with van der Waals surface area (Å²) in [5.74, 6) is -0.613. The van der Waals surface area contributed by atoms with Gasteiger partial charge in [0.05, 0.1) is 0 Å². The quantitative estimate of drug-likeness (QED) is 0.178. The molecule has 21 heavy (non-hydrogen) atoms. The van der Waals surface area contributed by atoms with Crippen molar-refractivity contribution in [3.63, 3.8) is 0 Å². The van der Waals surface area contributed by atoms with Gasteiger partial charge < -0.3 is 32.9 Å². The van der Waals surface area contributed by atoms with Gasteiger partial charge in [0, 0.05) is 39.0 Å². The van der Waals surface area contributed by atoms with Gasteiger partial charge in [0.15, 0.2) is 0 Å². The Labute approximate surface area is 145 Å². The molecule has 0 aliphatic carbocycles. The normalized spacial score (nSPS) is 7.43. The van der Waals surface area contributed by atoms with Crippen LogP contribution in [0.5, 0.6) is 0 Å². The van der Waals surface area contributed by atoms with E-state index in [1.54, 1.807) is 0 Å². The fourth-order valence-electron chi connectivity index (χ4n) is 0.850. The van der Waals surface area contributed by atoms with Crippen LogP contribution < -0.4 is 22.1 Å². The number of nitrogens with one attached hydrogen (secondary N) is 2. The molecule has 0 aromatic carbocycles. The van der Waals surface area contributed by atoms with Crippen molar-refractivity contribution in [1.82, 2.24) is 10.6 Å². The van der Waals surface area contributed by atoms with Gasteiger partial charge in [-0.2, -0.15) is 10.3 Å². The number of carbonyl (C=O) groups is 2. The van der Waals surface area contributed by atoms with Gasteiger partial charge in [-0.05, 0) is 0 Å². The maximum Gasteiger partial charge on any atom is 2.00 e. The topological polar surface area (TPSA) is 155 Å². The summed E-state index contributed by atoms with van der Waals surface area (Å²) in [7, 11) is 0. The molecule has 0 saturated heterocycles. The van der Waals surface area contributed by atoms with Crippen LogP contribution in [0.15, 0.2) is 0 Å². The van der Waals surface area contributed by atoms with Crippen molar-refractivity contribution in [1.29, 1.82) is 0 Å². The van der Waals surface area contributed by atoms with Gasteiger partial charge in [-0.1, -0.05) is 24.4 Å². The SMILES string of the molecule is NC(=O)CCNCCNCCC(N)=O.[Cu+2].[N-]=C=S.[N-]=C=S. The molecule has 0 unspecified atom stereocenters. The molecule has 0 aromatic heterocycles. The van der Waals surface area contributed by atoms with Crippen LogP contribution >= 0.6 is 24.4 Å². The number of primary amides is 2. The Balaban J connectivity index is -0.000000177. The van der Waals surface area contributed by atoms with E-state index in [2.05, 4.69) is 35.1 Å². The average Bonchev–Trinajstić information content (AvgIpc) is 2.34. The Kier molecular flexibility index (Phi) is 36.7. The van der Waals surface area contributed by atoms with Crippen LogP contribution in [-0.4, -0.2) is 48.3 Å². The van der Waals surface area contributed by atoms with Crippen LogP contribution in [0.2, 0.25) is 0 Å². The molecular weight excluding hydrogens is 364 g/mol. The first-order valence-electron chi connectivity index (χ1n) is 5.46. The maximum absolute atomic E-state index is 10.3. The van der Waals surface area contributed by atoms with Crippen molar-refractivity contribution in [3.8, 4) is 0 Å². The van der Waals surface area contributed by atoms with E-state index in [-0.39, 0.29) is 28.9 Å². The predicted octanol–water partition coefficient (Wildman–Crippen LogP) is -0.769. The first kappa shape index (κ1) is 28.2. The van der Waals surface area contributed by atoms with E-state index in [4.69, 9.17) is 22.3 Å².